The van der Waals surface area contributed by atoms with Crippen molar-refractivity contribution in [1.82, 2.24) is 0 Å². The first-order valence-electron chi connectivity index (χ1n) is 3.87. The van der Waals surface area contributed by atoms with Crippen LogP contribution >= 0.6 is 12.4 Å². The Balaban J connectivity index is 0. The molecule has 0 aliphatic rings. The maximum Gasteiger partial charge on any atom is -0.147 e. The van der Waals surface area contributed by atoms with Gasteiger partial charge in [0.05, 0.1) is 0 Å². The van der Waals surface area contributed by atoms with Gasteiger partial charge in [0, 0.05) is 0 Å². The van der Waals surface area contributed by atoms with Crippen molar-refractivity contribution in [1.29, 1.82) is 0 Å². The van der Waals surface area contributed by atoms with Crippen LogP contribution in [-0.2, 0) is 0 Å². The molecular formula is C8H20ClGe. The Morgan fingerprint density at radius 3 is 1.30 bits per heavy atom. The van der Waals surface area contributed by atoms with Crippen LogP contribution in [0.5, 0.6) is 0 Å². The molecule has 0 saturated carbocycles. The van der Waals surface area contributed by atoms with Crippen molar-refractivity contribution in [2.75, 3.05) is 0 Å². The van der Waals surface area contributed by atoms with E-state index in [1.807, 2.05) is 0 Å². The summed E-state index contributed by atoms with van der Waals surface area (Å²) in [5, 5.41) is 2.97. The molecule has 0 rings (SSSR count). The third kappa shape index (κ3) is 4.62. The van der Waals surface area contributed by atoms with Gasteiger partial charge in [0.1, 0.15) is 0 Å². The van der Waals surface area contributed by atoms with Crippen LogP contribution in [-0.4, -0.2) is 14.3 Å². The van der Waals surface area contributed by atoms with Crippen LogP contribution in [0.15, 0.2) is 0 Å². The summed E-state index contributed by atoms with van der Waals surface area (Å²) < 4.78 is 0.684. The van der Waals surface area contributed by atoms with Crippen LogP contribution in [0.2, 0.25) is 14.8 Å². The van der Waals surface area contributed by atoms with E-state index in [0.29, 0.717) is 4.25 Å². The second-order valence-electron chi connectivity index (χ2n) is 3.56. The van der Waals surface area contributed by atoms with Gasteiger partial charge < -0.3 is 0 Å². The molecule has 0 heterocycles. The third-order valence-electron chi connectivity index (χ3n) is 1.91. The molecule has 0 aromatic rings. The number of halogens is 1. The Bertz CT molecular complexity index is 71.8. The van der Waals surface area contributed by atoms with Gasteiger partial charge >= 0.3 is 63.7 Å². The van der Waals surface area contributed by atoms with Gasteiger partial charge in [-0.2, -0.15) is 0 Å². The molecule has 10 heavy (non-hydrogen) atoms. The molecule has 0 N–H and O–H groups in total. The summed E-state index contributed by atoms with van der Waals surface area (Å²) >= 11 is -0.637. The second-order valence-corrected chi connectivity index (χ2v) is 12.2. The zero-order valence-corrected chi connectivity index (χ0v) is 10.7. The molecular weight excluding hydrogens is 204 g/mol. The standard InChI is InChI=1S/C8H19Ge.ClH/c1-6-9(7-2)8(3,4)5;/h6-7H2,1-5H3;1H. The van der Waals surface area contributed by atoms with Crippen molar-refractivity contribution in [2.45, 2.75) is 49.4 Å². The number of hydrogen-bond donors (Lipinski definition) is 0. The van der Waals surface area contributed by atoms with Crippen LogP contribution in [0.1, 0.15) is 34.6 Å². The van der Waals surface area contributed by atoms with Crippen molar-refractivity contribution in [3.05, 3.63) is 0 Å². The van der Waals surface area contributed by atoms with Crippen LogP contribution in [0, 0.1) is 0 Å². The number of rotatable bonds is 2. The Kier molecular flexibility index (Phi) is 7.36. The maximum atomic E-state index is 2.40. The first-order valence-corrected chi connectivity index (χ1v) is 7.89. The predicted molar refractivity (Wildman–Crippen MR) is 53.7 cm³/mol. The van der Waals surface area contributed by atoms with Crippen molar-refractivity contribution < 1.29 is 0 Å². The Labute approximate surface area is 76.3 Å². The van der Waals surface area contributed by atoms with Gasteiger partial charge in [-0.3, -0.25) is 0 Å². The Morgan fingerprint density at radius 1 is 1.00 bits per heavy atom. The van der Waals surface area contributed by atoms with E-state index in [-0.39, 0.29) is 12.4 Å². The molecule has 0 aromatic carbocycles. The molecule has 0 fully saturated rings. The van der Waals surface area contributed by atoms with Gasteiger partial charge in [0.15, 0.2) is 0 Å². The Hall–Kier alpha value is 0.833. The SMILES string of the molecule is C[CH2][Ge]([CH2]C)[C](C)(C)C.Cl. The first-order chi connectivity index (χ1) is 4.02. The van der Waals surface area contributed by atoms with Gasteiger partial charge in [-0.1, -0.05) is 0 Å². The monoisotopic (exact) mass is 225 g/mol. The van der Waals surface area contributed by atoms with Crippen LogP contribution in [0.3, 0.4) is 0 Å². The van der Waals surface area contributed by atoms with Crippen molar-refractivity contribution in [3.8, 4) is 0 Å². The Morgan fingerprint density at radius 2 is 1.30 bits per heavy atom. The normalized spacial score (nSPS) is 11.4. The van der Waals surface area contributed by atoms with Gasteiger partial charge in [-0.25, -0.2) is 0 Å². The zero-order chi connectivity index (χ0) is 7.49. The topological polar surface area (TPSA) is 0 Å². The van der Waals surface area contributed by atoms with E-state index in [1.54, 1.807) is 0 Å². The van der Waals surface area contributed by atoms with Crippen molar-refractivity contribution >= 4 is 26.8 Å². The molecule has 0 aliphatic carbocycles. The van der Waals surface area contributed by atoms with E-state index in [9.17, 15) is 0 Å². The maximum absolute atomic E-state index is 2.40. The summed E-state index contributed by atoms with van der Waals surface area (Å²) in [4.78, 5) is 0. The van der Waals surface area contributed by atoms with E-state index in [0.717, 1.165) is 0 Å². The second kappa shape index (κ2) is 5.48. The fraction of sp³-hybridized carbons (Fsp3) is 1.00. The summed E-state index contributed by atoms with van der Waals surface area (Å²) in [5.41, 5.74) is 0. The van der Waals surface area contributed by atoms with E-state index in [2.05, 4.69) is 34.6 Å². The predicted octanol–water partition coefficient (Wildman–Crippen LogP) is 3.74. The molecule has 0 bridgehead atoms. The minimum atomic E-state index is -0.637. The fourth-order valence-corrected chi connectivity index (χ4v) is 6.81. The quantitative estimate of drug-likeness (QED) is 0.627. The molecule has 0 amide bonds. The van der Waals surface area contributed by atoms with E-state index >= 15 is 0 Å². The third-order valence-corrected chi connectivity index (χ3v) is 9.95. The summed E-state index contributed by atoms with van der Waals surface area (Å²) in [6.07, 6.45) is 0. The van der Waals surface area contributed by atoms with Gasteiger partial charge in [0.2, 0.25) is 0 Å². The first kappa shape index (κ1) is 13.4. The average molecular weight is 224 g/mol. The summed E-state index contributed by atoms with van der Waals surface area (Å²) in [6, 6.07) is 0. The molecule has 0 spiro atoms. The smallest absolute Gasteiger partial charge is 0.147 e. The van der Waals surface area contributed by atoms with Crippen LogP contribution < -0.4 is 0 Å². The molecule has 0 atom stereocenters. The van der Waals surface area contributed by atoms with E-state index < -0.39 is 14.3 Å². The summed E-state index contributed by atoms with van der Waals surface area (Å²) in [5.74, 6) is 0. The molecule has 1 radical (unpaired) electrons. The van der Waals surface area contributed by atoms with Crippen molar-refractivity contribution in [3.63, 3.8) is 0 Å². The van der Waals surface area contributed by atoms with E-state index in [4.69, 9.17) is 0 Å². The van der Waals surface area contributed by atoms with Crippen molar-refractivity contribution in [2.24, 2.45) is 0 Å². The largest absolute Gasteiger partial charge is 0.147 e. The zero-order valence-electron chi connectivity index (χ0n) is 7.82. The van der Waals surface area contributed by atoms with Crippen LogP contribution in [0.25, 0.3) is 0 Å². The van der Waals surface area contributed by atoms with Gasteiger partial charge in [-0.15, -0.1) is 12.4 Å². The minimum absolute atomic E-state index is 0. The fourth-order valence-electron chi connectivity index (χ4n) is 1.31. The molecule has 0 unspecified atom stereocenters. The molecule has 0 aliphatic heterocycles. The average Bonchev–Trinajstić information content (AvgIpc) is 1.65. The molecule has 2 heteroatoms. The number of hydrogen-bond acceptors (Lipinski definition) is 0. The molecule has 0 nitrogen and oxygen atoms in total. The van der Waals surface area contributed by atoms with Gasteiger partial charge in [-0.05, 0) is 0 Å². The van der Waals surface area contributed by atoms with Crippen LogP contribution in [0.4, 0.5) is 0 Å². The van der Waals surface area contributed by atoms with E-state index in [1.165, 1.54) is 10.5 Å². The summed E-state index contributed by atoms with van der Waals surface area (Å²) in [6.45, 7) is 11.9. The summed E-state index contributed by atoms with van der Waals surface area (Å²) in [7, 11) is 0. The molecule has 0 saturated heterocycles. The molecule has 63 valence electrons. The van der Waals surface area contributed by atoms with Gasteiger partial charge in [0.25, 0.3) is 0 Å². The molecule has 0 aromatic heterocycles. The minimum Gasteiger partial charge on any atom is -0.147 e.